The van der Waals surface area contributed by atoms with Crippen molar-refractivity contribution in [3.63, 3.8) is 0 Å². The Bertz CT molecular complexity index is 119. The molecule has 2 fully saturated rings. The van der Waals surface area contributed by atoms with E-state index in [2.05, 4.69) is 0 Å². The Kier molecular flexibility index (Phi) is 1.06. The average molecular weight is 128 g/mol. The number of rotatable bonds is 0. The van der Waals surface area contributed by atoms with Crippen LogP contribution in [0.3, 0.4) is 0 Å². The summed E-state index contributed by atoms with van der Waals surface area (Å²) in [6.07, 6.45) is -0.256. The van der Waals surface area contributed by atoms with Crippen LogP contribution in [0.25, 0.3) is 0 Å². The van der Waals surface area contributed by atoms with E-state index in [0.717, 1.165) is 0 Å². The molecule has 0 aliphatic carbocycles. The first-order valence-electron chi connectivity index (χ1n) is 2.96. The second-order valence-corrected chi connectivity index (χ2v) is 2.37. The lowest BCUT2D eigenvalue weighted by atomic mass is 10.2. The van der Waals surface area contributed by atoms with Gasteiger partial charge in [0.2, 0.25) is 5.79 Å². The lowest BCUT2D eigenvalue weighted by Gasteiger charge is -2.35. The molecule has 1 atom stereocenters. The minimum atomic E-state index is -0.459. The molecule has 2 radical (unpaired) electrons. The molecule has 0 bridgehead atoms. The summed E-state index contributed by atoms with van der Waals surface area (Å²) >= 11 is 0. The maximum atomic E-state index is 5.42. The fraction of sp³-hybridized carbons (Fsp3) is 0.833. The molecular weight excluding hydrogens is 120 g/mol. The monoisotopic (exact) mass is 128 g/mol. The van der Waals surface area contributed by atoms with Crippen LogP contribution in [-0.2, 0) is 14.2 Å². The van der Waals surface area contributed by atoms with Crippen LogP contribution in [0.4, 0.5) is 0 Å². The van der Waals surface area contributed by atoms with E-state index in [1.807, 2.05) is 0 Å². The molecule has 3 heteroatoms. The lowest BCUT2D eigenvalue weighted by Crippen LogP contribution is -2.50. The van der Waals surface area contributed by atoms with Crippen molar-refractivity contribution in [2.75, 3.05) is 19.8 Å². The van der Waals surface area contributed by atoms with Gasteiger partial charge in [-0.3, -0.25) is 0 Å². The minimum absolute atomic E-state index is 0.256. The highest BCUT2D eigenvalue weighted by molar-refractivity contribution is 4.85. The summed E-state index contributed by atoms with van der Waals surface area (Å²) in [5, 5.41) is 0. The van der Waals surface area contributed by atoms with Crippen LogP contribution in [0.1, 0.15) is 0 Å². The Morgan fingerprint density at radius 2 is 2.22 bits per heavy atom. The second kappa shape index (κ2) is 1.68. The fourth-order valence-electron chi connectivity index (χ4n) is 0.998. The third-order valence-corrected chi connectivity index (χ3v) is 1.52. The van der Waals surface area contributed by atoms with E-state index in [0.29, 0.717) is 19.8 Å². The maximum Gasteiger partial charge on any atom is 0.216 e. The Morgan fingerprint density at radius 3 is 2.44 bits per heavy atom. The highest BCUT2D eigenvalue weighted by atomic mass is 16.8. The van der Waals surface area contributed by atoms with Crippen molar-refractivity contribution >= 4 is 0 Å². The van der Waals surface area contributed by atoms with Gasteiger partial charge in [0.25, 0.3) is 0 Å². The summed E-state index contributed by atoms with van der Waals surface area (Å²) in [6.45, 7) is 6.96. The Hall–Kier alpha value is -0.120. The van der Waals surface area contributed by atoms with Crippen LogP contribution >= 0.6 is 0 Å². The first-order chi connectivity index (χ1) is 4.31. The molecule has 2 saturated heterocycles. The predicted molar refractivity (Wildman–Crippen MR) is 28.7 cm³/mol. The van der Waals surface area contributed by atoms with Crippen molar-refractivity contribution in [3.05, 3.63) is 6.92 Å². The maximum absolute atomic E-state index is 5.42. The number of hydrogen-bond acceptors (Lipinski definition) is 3. The summed E-state index contributed by atoms with van der Waals surface area (Å²) < 4.78 is 15.3. The summed E-state index contributed by atoms with van der Waals surface area (Å²) in [4.78, 5) is 0. The van der Waals surface area contributed by atoms with Gasteiger partial charge in [-0.2, -0.15) is 0 Å². The van der Waals surface area contributed by atoms with Crippen molar-refractivity contribution in [2.45, 2.75) is 11.9 Å². The molecule has 2 aliphatic rings. The molecule has 9 heavy (non-hydrogen) atoms. The van der Waals surface area contributed by atoms with Crippen LogP contribution in [0, 0.1) is 6.92 Å². The zero-order valence-corrected chi connectivity index (χ0v) is 5.00. The fourth-order valence-corrected chi connectivity index (χ4v) is 0.998. The molecule has 0 aromatic heterocycles. The van der Waals surface area contributed by atoms with Gasteiger partial charge >= 0.3 is 0 Å². The standard InChI is InChI=1S/C6H8O3/c1-5-2-8-6(9-5)3-7-4-6/h1,5H,2-4H2. The van der Waals surface area contributed by atoms with E-state index < -0.39 is 5.79 Å². The molecule has 0 aromatic carbocycles. The SMILES string of the molecule is [CH]C1COC2(COC2)O1. The van der Waals surface area contributed by atoms with Gasteiger partial charge < -0.3 is 14.2 Å². The third kappa shape index (κ3) is 0.764. The quantitative estimate of drug-likeness (QED) is 0.453. The Balaban J connectivity index is 1.99. The van der Waals surface area contributed by atoms with E-state index in [9.17, 15) is 0 Å². The highest BCUT2D eigenvalue weighted by Crippen LogP contribution is 2.30. The van der Waals surface area contributed by atoms with Gasteiger partial charge in [-0.05, 0) is 6.92 Å². The van der Waals surface area contributed by atoms with E-state index in [1.54, 1.807) is 0 Å². The van der Waals surface area contributed by atoms with E-state index in [4.69, 9.17) is 21.1 Å². The van der Waals surface area contributed by atoms with Crippen molar-refractivity contribution in [3.8, 4) is 0 Å². The molecule has 0 aromatic rings. The van der Waals surface area contributed by atoms with Gasteiger partial charge in [0.15, 0.2) is 0 Å². The van der Waals surface area contributed by atoms with Crippen LogP contribution in [0.2, 0.25) is 0 Å². The zero-order chi connectivity index (χ0) is 6.32. The topological polar surface area (TPSA) is 27.7 Å². The van der Waals surface area contributed by atoms with Crippen molar-refractivity contribution in [1.82, 2.24) is 0 Å². The van der Waals surface area contributed by atoms with Crippen LogP contribution in [0.15, 0.2) is 0 Å². The van der Waals surface area contributed by atoms with Gasteiger partial charge in [-0.25, -0.2) is 0 Å². The van der Waals surface area contributed by atoms with Crippen molar-refractivity contribution in [2.24, 2.45) is 0 Å². The normalized spacial score (nSPS) is 39.0. The first kappa shape index (κ1) is 5.65. The average Bonchev–Trinajstić information content (AvgIpc) is 2.09. The molecule has 2 rings (SSSR count). The van der Waals surface area contributed by atoms with Gasteiger partial charge in [-0.1, -0.05) is 0 Å². The van der Waals surface area contributed by atoms with Gasteiger partial charge in [-0.15, -0.1) is 0 Å². The van der Waals surface area contributed by atoms with Crippen LogP contribution in [-0.4, -0.2) is 31.7 Å². The minimum Gasteiger partial charge on any atom is -0.370 e. The van der Waals surface area contributed by atoms with Gasteiger partial charge in [0.05, 0.1) is 12.7 Å². The molecule has 1 spiro atoms. The summed E-state index contributed by atoms with van der Waals surface area (Å²) in [5.74, 6) is -0.459. The highest BCUT2D eigenvalue weighted by Gasteiger charge is 2.46. The summed E-state index contributed by atoms with van der Waals surface area (Å²) in [6, 6.07) is 0. The lowest BCUT2D eigenvalue weighted by molar-refractivity contribution is -0.296. The summed E-state index contributed by atoms with van der Waals surface area (Å²) in [7, 11) is 0. The van der Waals surface area contributed by atoms with E-state index >= 15 is 0 Å². The predicted octanol–water partition coefficient (Wildman–Crippen LogP) is -0.161. The zero-order valence-electron chi connectivity index (χ0n) is 5.00. The Morgan fingerprint density at radius 1 is 1.44 bits per heavy atom. The molecular formula is C6H8O3. The van der Waals surface area contributed by atoms with Crippen LogP contribution < -0.4 is 0 Å². The van der Waals surface area contributed by atoms with Crippen LogP contribution in [0.5, 0.6) is 0 Å². The molecule has 3 nitrogen and oxygen atoms in total. The van der Waals surface area contributed by atoms with E-state index in [-0.39, 0.29) is 6.10 Å². The molecule has 1 unspecified atom stereocenters. The second-order valence-electron chi connectivity index (χ2n) is 2.37. The van der Waals surface area contributed by atoms with Gasteiger partial charge in [0.1, 0.15) is 13.2 Å². The number of ether oxygens (including phenoxy) is 3. The molecule has 0 amide bonds. The number of hydrogen-bond donors (Lipinski definition) is 0. The molecule has 50 valence electrons. The Labute approximate surface area is 53.9 Å². The van der Waals surface area contributed by atoms with Crippen molar-refractivity contribution < 1.29 is 14.2 Å². The molecule has 0 saturated carbocycles. The third-order valence-electron chi connectivity index (χ3n) is 1.52. The van der Waals surface area contributed by atoms with Gasteiger partial charge in [0, 0.05) is 0 Å². The summed E-state index contributed by atoms with van der Waals surface area (Å²) in [5.41, 5.74) is 0. The molecule has 2 aliphatic heterocycles. The van der Waals surface area contributed by atoms with E-state index in [1.165, 1.54) is 0 Å². The smallest absolute Gasteiger partial charge is 0.216 e. The van der Waals surface area contributed by atoms with Crippen molar-refractivity contribution in [1.29, 1.82) is 0 Å². The molecule has 0 N–H and O–H groups in total. The molecule has 2 heterocycles. The first-order valence-corrected chi connectivity index (χ1v) is 2.96. The largest absolute Gasteiger partial charge is 0.370 e.